The number of piperidine rings is 2. The molecule has 0 bridgehead atoms. The van der Waals surface area contributed by atoms with Crippen LogP contribution in [0.2, 0.25) is 0 Å². The predicted octanol–water partition coefficient (Wildman–Crippen LogP) is 2.57. The van der Waals surface area contributed by atoms with E-state index in [4.69, 9.17) is 0 Å². The molecule has 1 aromatic carbocycles. The standard InChI is InChI=1S/C16H20F2N2O/c17-13-7-12(8-14(18)9-13)15(21)20-6-2-4-16(11-20)3-1-5-19-10-16/h7-9,19H,1-6,10-11H2. The van der Waals surface area contributed by atoms with E-state index in [1.807, 2.05) is 0 Å². The van der Waals surface area contributed by atoms with Crippen molar-refractivity contribution in [3.05, 3.63) is 35.4 Å². The average molecular weight is 294 g/mol. The number of halogens is 2. The van der Waals surface area contributed by atoms with Crippen LogP contribution in [0.25, 0.3) is 0 Å². The monoisotopic (exact) mass is 294 g/mol. The fourth-order valence-corrected chi connectivity index (χ4v) is 3.62. The third-order valence-electron chi connectivity index (χ3n) is 4.62. The summed E-state index contributed by atoms with van der Waals surface area (Å²) in [5, 5.41) is 3.40. The Bertz CT molecular complexity index is 515. The second kappa shape index (κ2) is 5.72. The van der Waals surface area contributed by atoms with Gasteiger partial charge in [-0.05, 0) is 44.4 Å². The van der Waals surface area contributed by atoms with Gasteiger partial charge in [0.1, 0.15) is 11.6 Å². The van der Waals surface area contributed by atoms with Gasteiger partial charge in [-0.1, -0.05) is 0 Å². The van der Waals surface area contributed by atoms with Crippen LogP contribution in [0.5, 0.6) is 0 Å². The summed E-state index contributed by atoms with van der Waals surface area (Å²) in [5.41, 5.74) is 0.242. The van der Waals surface area contributed by atoms with Gasteiger partial charge in [-0.3, -0.25) is 4.79 Å². The van der Waals surface area contributed by atoms with Crippen molar-refractivity contribution in [1.29, 1.82) is 0 Å². The normalized spacial score (nSPS) is 26.1. The fraction of sp³-hybridized carbons (Fsp3) is 0.562. The highest BCUT2D eigenvalue weighted by atomic mass is 19.1. The number of carbonyl (C=O) groups excluding carboxylic acids is 1. The van der Waals surface area contributed by atoms with E-state index in [0.29, 0.717) is 13.1 Å². The maximum atomic E-state index is 13.3. The largest absolute Gasteiger partial charge is 0.338 e. The Balaban J connectivity index is 1.77. The second-order valence-electron chi connectivity index (χ2n) is 6.27. The van der Waals surface area contributed by atoms with Crippen molar-refractivity contribution in [1.82, 2.24) is 10.2 Å². The maximum Gasteiger partial charge on any atom is 0.254 e. The highest BCUT2D eigenvalue weighted by molar-refractivity contribution is 5.94. The van der Waals surface area contributed by atoms with E-state index in [1.165, 1.54) is 0 Å². The van der Waals surface area contributed by atoms with Gasteiger partial charge >= 0.3 is 0 Å². The first-order valence-corrected chi connectivity index (χ1v) is 7.54. The molecule has 1 atom stereocenters. The van der Waals surface area contributed by atoms with Gasteiger partial charge in [0, 0.05) is 36.7 Å². The molecule has 2 heterocycles. The van der Waals surface area contributed by atoms with Crippen LogP contribution in [0.4, 0.5) is 8.78 Å². The SMILES string of the molecule is O=C(c1cc(F)cc(F)c1)N1CCCC2(CCCNC2)C1. The van der Waals surface area contributed by atoms with Crippen LogP contribution in [-0.4, -0.2) is 37.0 Å². The molecule has 1 amide bonds. The molecular formula is C16H20F2N2O. The molecule has 114 valence electrons. The summed E-state index contributed by atoms with van der Waals surface area (Å²) in [6, 6.07) is 3.02. The molecule has 0 aromatic heterocycles. The van der Waals surface area contributed by atoms with E-state index in [2.05, 4.69) is 5.32 Å². The van der Waals surface area contributed by atoms with E-state index < -0.39 is 11.6 Å². The van der Waals surface area contributed by atoms with Crippen molar-refractivity contribution < 1.29 is 13.6 Å². The number of rotatable bonds is 1. The van der Waals surface area contributed by atoms with Gasteiger partial charge in [-0.25, -0.2) is 8.78 Å². The molecule has 0 saturated carbocycles. The summed E-state index contributed by atoms with van der Waals surface area (Å²) >= 11 is 0. The molecule has 2 fully saturated rings. The Morgan fingerprint density at radius 1 is 1.14 bits per heavy atom. The number of benzene rings is 1. The van der Waals surface area contributed by atoms with Crippen LogP contribution in [0.15, 0.2) is 18.2 Å². The van der Waals surface area contributed by atoms with Crippen molar-refractivity contribution in [2.75, 3.05) is 26.2 Å². The van der Waals surface area contributed by atoms with Gasteiger partial charge in [0.25, 0.3) is 5.91 Å². The van der Waals surface area contributed by atoms with E-state index in [1.54, 1.807) is 4.90 Å². The minimum Gasteiger partial charge on any atom is -0.338 e. The van der Waals surface area contributed by atoms with Gasteiger partial charge < -0.3 is 10.2 Å². The van der Waals surface area contributed by atoms with E-state index in [0.717, 1.165) is 57.0 Å². The minimum atomic E-state index is -0.704. The summed E-state index contributed by atoms with van der Waals surface area (Å²) in [6.07, 6.45) is 4.30. The molecule has 2 saturated heterocycles. The van der Waals surface area contributed by atoms with Crippen molar-refractivity contribution in [3.63, 3.8) is 0 Å². The predicted molar refractivity (Wildman–Crippen MR) is 76.0 cm³/mol. The molecule has 1 unspecified atom stereocenters. The molecule has 2 aliphatic rings. The molecule has 2 aliphatic heterocycles. The Morgan fingerprint density at radius 3 is 2.52 bits per heavy atom. The molecule has 0 aliphatic carbocycles. The van der Waals surface area contributed by atoms with Crippen LogP contribution < -0.4 is 5.32 Å². The maximum absolute atomic E-state index is 13.3. The smallest absolute Gasteiger partial charge is 0.254 e. The van der Waals surface area contributed by atoms with Crippen molar-refractivity contribution in [2.24, 2.45) is 5.41 Å². The summed E-state index contributed by atoms with van der Waals surface area (Å²) in [4.78, 5) is 14.3. The number of hydrogen-bond acceptors (Lipinski definition) is 2. The zero-order valence-electron chi connectivity index (χ0n) is 12.0. The molecule has 1 spiro atoms. The zero-order valence-corrected chi connectivity index (χ0v) is 12.0. The van der Waals surface area contributed by atoms with E-state index >= 15 is 0 Å². The molecular weight excluding hydrogens is 274 g/mol. The number of hydrogen-bond donors (Lipinski definition) is 1. The Hall–Kier alpha value is -1.49. The number of nitrogens with zero attached hydrogens (tertiary/aromatic N) is 1. The lowest BCUT2D eigenvalue weighted by molar-refractivity contribution is 0.0433. The highest BCUT2D eigenvalue weighted by Gasteiger charge is 2.38. The minimum absolute atomic E-state index is 0.105. The summed E-state index contributed by atoms with van der Waals surface area (Å²) in [6.45, 7) is 3.30. The molecule has 5 heteroatoms. The second-order valence-corrected chi connectivity index (χ2v) is 6.27. The van der Waals surface area contributed by atoms with Gasteiger partial charge in [-0.15, -0.1) is 0 Å². The highest BCUT2D eigenvalue weighted by Crippen LogP contribution is 2.36. The summed E-state index contributed by atoms with van der Waals surface area (Å²) in [7, 11) is 0. The van der Waals surface area contributed by atoms with Crippen molar-refractivity contribution in [2.45, 2.75) is 25.7 Å². The molecule has 1 N–H and O–H groups in total. The molecule has 1 aromatic rings. The lowest BCUT2D eigenvalue weighted by atomic mass is 9.74. The quantitative estimate of drug-likeness (QED) is 0.863. The van der Waals surface area contributed by atoms with Crippen molar-refractivity contribution >= 4 is 5.91 Å². The third kappa shape index (κ3) is 3.07. The molecule has 3 rings (SSSR count). The van der Waals surface area contributed by atoms with E-state index in [9.17, 15) is 13.6 Å². The zero-order chi connectivity index (χ0) is 14.9. The summed E-state index contributed by atoms with van der Waals surface area (Å²) in [5.74, 6) is -1.67. The van der Waals surface area contributed by atoms with Crippen LogP contribution >= 0.6 is 0 Å². The van der Waals surface area contributed by atoms with Gasteiger partial charge in [0.05, 0.1) is 0 Å². The first kappa shape index (κ1) is 14.4. The number of carbonyl (C=O) groups is 1. The topological polar surface area (TPSA) is 32.3 Å². The lowest BCUT2D eigenvalue weighted by Gasteiger charge is -2.45. The van der Waals surface area contributed by atoms with Gasteiger partial charge in [0.2, 0.25) is 0 Å². The first-order valence-electron chi connectivity index (χ1n) is 7.54. The number of likely N-dealkylation sites (tertiary alicyclic amines) is 1. The molecule has 0 radical (unpaired) electrons. The van der Waals surface area contributed by atoms with Crippen LogP contribution in [0.1, 0.15) is 36.0 Å². The number of amides is 1. The van der Waals surface area contributed by atoms with Crippen LogP contribution in [0, 0.1) is 17.0 Å². The Morgan fingerprint density at radius 2 is 1.86 bits per heavy atom. The molecule has 21 heavy (non-hydrogen) atoms. The van der Waals surface area contributed by atoms with Crippen LogP contribution in [-0.2, 0) is 0 Å². The number of nitrogens with one attached hydrogen (secondary N) is 1. The van der Waals surface area contributed by atoms with Gasteiger partial charge in [0.15, 0.2) is 0 Å². The lowest BCUT2D eigenvalue weighted by Crippen LogP contribution is -2.52. The third-order valence-corrected chi connectivity index (χ3v) is 4.62. The van der Waals surface area contributed by atoms with Crippen molar-refractivity contribution in [3.8, 4) is 0 Å². The molecule has 3 nitrogen and oxygen atoms in total. The van der Waals surface area contributed by atoms with E-state index in [-0.39, 0.29) is 16.9 Å². The Labute approximate surface area is 123 Å². The van der Waals surface area contributed by atoms with Gasteiger partial charge in [-0.2, -0.15) is 0 Å². The summed E-state index contributed by atoms with van der Waals surface area (Å²) < 4.78 is 26.6. The first-order chi connectivity index (χ1) is 10.1. The Kier molecular flexibility index (Phi) is 3.93. The van der Waals surface area contributed by atoms with Crippen LogP contribution in [0.3, 0.4) is 0 Å². The fourth-order valence-electron chi connectivity index (χ4n) is 3.62. The average Bonchev–Trinajstić information content (AvgIpc) is 2.46.